The molecule has 0 nitrogen and oxygen atoms in total. The summed E-state index contributed by atoms with van der Waals surface area (Å²) in [6, 6.07) is 10.0. The van der Waals surface area contributed by atoms with Crippen LogP contribution < -0.4 is 0 Å². The van der Waals surface area contributed by atoms with E-state index in [0.717, 1.165) is 0 Å². The SMILES string of the molecule is C=CCCCCCCCCCCCCCC.C=Cc1ccccc1. The lowest BCUT2D eigenvalue weighted by molar-refractivity contribution is 0.545. The van der Waals surface area contributed by atoms with Gasteiger partial charge in [-0.3, -0.25) is 0 Å². The van der Waals surface area contributed by atoms with Gasteiger partial charge >= 0.3 is 0 Å². The minimum Gasteiger partial charge on any atom is -0.103 e. The van der Waals surface area contributed by atoms with Crippen LogP contribution in [-0.2, 0) is 0 Å². The second kappa shape index (κ2) is 19.7. The summed E-state index contributed by atoms with van der Waals surface area (Å²) in [5.41, 5.74) is 1.17. The first kappa shape index (κ1) is 22.7. The van der Waals surface area contributed by atoms with E-state index in [1.807, 2.05) is 42.5 Å². The van der Waals surface area contributed by atoms with Crippen LogP contribution in [0.1, 0.15) is 96.0 Å². The van der Waals surface area contributed by atoms with Gasteiger partial charge in [0.05, 0.1) is 0 Å². The van der Waals surface area contributed by atoms with Crippen molar-refractivity contribution in [1.82, 2.24) is 0 Å². The lowest BCUT2D eigenvalue weighted by Gasteiger charge is -2.02. The molecule has 136 valence electrons. The van der Waals surface area contributed by atoms with E-state index in [-0.39, 0.29) is 0 Å². The van der Waals surface area contributed by atoms with Crippen molar-refractivity contribution in [3.63, 3.8) is 0 Å². The molecule has 0 fully saturated rings. The van der Waals surface area contributed by atoms with E-state index in [4.69, 9.17) is 0 Å². The van der Waals surface area contributed by atoms with Crippen LogP contribution in [0.25, 0.3) is 6.08 Å². The van der Waals surface area contributed by atoms with E-state index < -0.39 is 0 Å². The van der Waals surface area contributed by atoms with Crippen molar-refractivity contribution in [1.29, 1.82) is 0 Å². The van der Waals surface area contributed by atoms with Crippen molar-refractivity contribution in [3.8, 4) is 0 Å². The third-order valence-corrected chi connectivity index (χ3v) is 4.30. The predicted octanol–water partition coefficient (Wildman–Crippen LogP) is 8.59. The molecule has 0 heterocycles. The van der Waals surface area contributed by atoms with Crippen LogP contribution in [-0.4, -0.2) is 0 Å². The van der Waals surface area contributed by atoms with Gasteiger partial charge in [-0.15, -0.1) is 6.58 Å². The zero-order valence-electron chi connectivity index (χ0n) is 16.1. The molecule has 0 N–H and O–H groups in total. The molecule has 0 atom stereocenters. The molecule has 0 aliphatic rings. The third-order valence-electron chi connectivity index (χ3n) is 4.30. The maximum Gasteiger partial charge on any atom is -0.0263 e. The molecule has 0 aliphatic carbocycles. The van der Waals surface area contributed by atoms with Crippen LogP contribution in [0.15, 0.2) is 49.6 Å². The minimum absolute atomic E-state index is 1.17. The molecule has 0 amide bonds. The number of hydrogen-bond donors (Lipinski definition) is 0. The third kappa shape index (κ3) is 17.1. The highest BCUT2D eigenvalue weighted by molar-refractivity contribution is 5.45. The number of rotatable bonds is 14. The summed E-state index contributed by atoms with van der Waals surface area (Å²) in [5.74, 6) is 0. The van der Waals surface area contributed by atoms with Gasteiger partial charge in [-0.25, -0.2) is 0 Å². The Morgan fingerprint density at radius 1 is 0.667 bits per heavy atom. The van der Waals surface area contributed by atoms with Crippen LogP contribution in [0.2, 0.25) is 0 Å². The molecule has 0 aromatic heterocycles. The van der Waals surface area contributed by atoms with Gasteiger partial charge in [0, 0.05) is 0 Å². The first-order chi connectivity index (χ1) is 11.8. The molecule has 24 heavy (non-hydrogen) atoms. The van der Waals surface area contributed by atoms with Crippen molar-refractivity contribution in [2.75, 3.05) is 0 Å². The molecule has 0 saturated carbocycles. The lowest BCUT2D eigenvalue weighted by Crippen LogP contribution is -1.82. The molecule has 1 rings (SSSR count). The molecule has 0 heteroatoms. The summed E-state index contributed by atoms with van der Waals surface area (Å²) in [6.45, 7) is 9.66. The number of benzene rings is 1. The molecule has 1 aromatic rings. The van der Waals surface area contributed by atoms with Crippen LogP contribution in [0.4, 0.5) is 0 Å². The second-order valence-corrected chi connectivity index (χ2v) is 6.58. The molecule has 0 radical (unpaired) electrons. The molecule has 0 bridgehead atoms. The van der Waals surface area contributed by atoms with E-state index in [2.05, 4.69) is 20.1 Å². The topological polar surface area (TPSA) is 0 Å². The van der Waals surface area contributed by atoms with E-state index in [9.17, 15) is 0 Å². The van der Waals surface area contributed by atoms with Crippen molar-refractivity contribution in [2.24, 2.45) is 0 Å². The monoisotopic (exact) mass is 328 g/mol. The predicted molar refractivity (Wildman–Crippen MR) is 112 cm³/mol. The van der Waals surface area contributed by atoms with E-state index in [1.54, 1.807) is 0 Å². The fourth-order valence-corrected chi connectivity index (χ4v) is 2.72. The first-order valence-corrected chi connectivity index (χ1v) is 10.1. The summed E-state index contributed by atoms with van der Waals surface area (Å²) in [4.78, 5) is 0. The molecule has 0 unspecified atom stereocenters. The Hall–Kier alpha value is -1.30. The Morgan fingerprint density at radius 3 is 1.50 bits per heavy atom. The van der Waals surface area contributed by atoms with E-state index >= 15 is 0 Å². The molecular weight excluding hydrogens is 288 g/mol. The highest BCUT2D eigenvalue weighted by Crippen LogP contribution is 2.12. The van der Waals surface area contributed by atoms with Crippen molar-refractivity contribution in [2.45, 2.75) is 90.4 Å². The Bertz CT molecular complexity index is 363. The van der Waals surface area contributed by atoms with Crippen LogP contribution in [0.5, 0.6) is 0 Å². The van der Waals surface area contributed by atoms with Gasteiger partial charge in [-0.05, 0) is 18.4 Å². The standard InChI is InChI=1S/C16H32.C8H8/c1-3-5-7-9-11-13-15-16-14-12-10-8-6-4-2;1-2-8-6-4-3-5-7-8/h3H,1,4-16H2,2H3;2-7H,1H2. The smallest absolute Gasteiger partial charge is 0.0263 e. The zero-order chi connectivity index (χ0) is 17.7. The molecule has 0 aliphatic heterocycles. The zero-order valence-corrected chi connectivity index (χ0v) is 16.1. The van der Waals surface area contributed by atoms with Crippen LogP contribution in [0, 0.1) is 0 Å². The Kier molecular flexibility index (Phi) is 18.7. The normalized spacial score (nSPS) is 9.88. The van der Waals surface area contributed by atoms with E-state index in [1.165, 1.54) is 89.0 Å². The largest absolute Gasteiger partial charge is 0.103 e. The maximum atomic E-state index is 3.75. The summed E-state index contributed by atoms with van der Waals surface area (Å²) in [5, 5.41) is 0. The van der Waals surface area contributed by atoms with Crippen molar-refractivity contribution in [3.05, 3.63) is 55.1 Å². The molecule has 1 aromatic carbocycles. The molecule has 0 spiro atoms. The summed E-state index contributed by atoms with van der Waals surface area (Å²) in [6.07, 6.45) is 22.3. The van der Waals surface area contributed by atoms with Gasteiger partial charge in [0.15, 0.2) is 0 Å². The summed E-state index contributed by atoms with van der Waals surface area (Å²) < 4.78 is 0. The van der Waals surface area contributed by atoms with Gasteiger partial charge < -0.3 is 0 Å². The van der Waals surface area contributed by atoms with Crippen LogP contribution in [0.3, 0.4) is 0 Å². The Labute approximate surface area is 152 Å². The Balaban J connectivity index is 0.000000546. The Morgan fingerprint density at radius 2 is 1.12 bits per heavy atom. The van der Waals surface area contributed by atoms with Gasteiger partial charge in [-0.2, -0.15) is 0 Å². The highest BCUT2D eigenvalue weighted by atomic mass is 14.0. The van der Waals surface area contributed by atoms with Gasteiger partial charge in [0.2, 0.25) is 0 Å². The number of hydrogen-bond acceptors (Lipinski definition) is 0. The average molecular weight is 329 g/mol. The lowest BCUT2D eigenvalue weighted by atomic mass is 10.0. The van der Waals surface area contributed by atoms with Crippen molar-refractivity contribution < 1.29 is 0 Å². The fraction of sp³-hybridized carbons (Fsp3) is 0.583. The summed E-state index contributed by atoms with van der Waals surface area (Å²) >= 11 is 0. The minimum atomic E-state index is 1.17. The summed E-state index contributed by atoms with van der Waals surface area (Å²) in [7, 11) is 0. The molecule has 0 saturated heterocycles. The highest BCUT2D eigenvalue weighted by Gasteiger charge is 1.92. The quantitative estimate of drug-likeness (QED) is 0.237. The first-order valence-electron chi connectivity index (χ1n) is 10.1. The number of unbranched alkanes of at least 4 members (excludes halogenated alkanes) is 12. The average Bonchev–Trinajstić information content (AvgIpc) is 2.64. The second-order valence-electron chi connectivity index (χ2n) is 6.58. The van der Waals surface area contributed by atoms with Crippen molar-refractivity contribution >= 4 is 6.08 Å². The fourth-order valence-electron chi connectivity index (χ4n) is 2.72. The molecular formula is C24H40. The van der Waals surface area contributed by atoms with Crippen LogP contribution >= 0.6 is 0 Å². The number of allylic oxidation sites excluding steroid dienone is 1. The van der Waals surface area contributed by atoms with Gasteiger partial charge in [-0.1, -0.05) is 127 Å². The van der Waals surface area contributed by atoms with E-state index in [0.29, 0.717) is 0 Å². The maximum absolute atomic E-state index is 3.75. The van der Waals surface area contributed by atoms with Gasteiger partial charge in [0.1, 0.15) is 0 Å². The van der Waals surface area contributed by atoms with Gasteiger partial charge in [0.25, 0.3) is 0 Å².